The van der Waals surface area contributed by atoms with Crippen LogP contribution in [0.5, 0.6) is 0 Å². The van der Waals surface area contributed by atoms with Gasteiger partial charge in [0.2, 0.25) is 0 Å². The van der Waals surface area contributed by atoms with Gasteiger partial charge in [0.05, 0.1) is 11.0 Å². The number of Topliss-reactive ketones (excluding diaryl/α,β-unsaturated/α-hetero) is 1. The lowest BCUT2D eigenvalue weighted by atomic mass is 9.68. The van der Waals surface area contributed by atoms with E-state index in [4.69, 9.17) is 0 Å². The second kappa shape index (κ2) is 6.17. The highest BCUT2D eigenvalue weighted by atomic mass is 19.2. The van der Waals surface area contributed by atoms with Gasteiger partial charge in [0.15, 0.2) is 17.4 Å². The predicted octanol–water partition coefficient (Wildman–Crippen LogP) is 5.11. The van der Waals surface area contributed by atoms with Crippen molar-refractivity contribution in [3.63, 3.8) is 0 Å². The minimum atomic E-state index is -0.931. The average molecular weight is 391 g/mol. The summed E-state index contributed by atoms with van der Waals surface area (Å²) in [7, 11) is 0. The van der Waals surface area contributed by atoms with Gasteiger partial charge in [0.1, 0.15) is 0 Å². The Morgan fingerprint density at radius 3 is 2.62 bits per heavy atom. The maximum Gasteiger partial charge on any atom is 0.162 e. The third-order valence-corrected chi connectivity index (χ3v) is 5.74. The number of carbonyl (C=O) groups is 1. The summed E-state index contributed by atoms with van der Waals surface area (Å²) in [6.07, 6.45) is 4.31. The van der Waals surface area contributed by atoms with Crippen molar-refractivity contribution in [1.82, 2.24) is 9.97 Å². The van der Waals surface area contributed by atoms with Gasteiger partial charge in [-0.05, 0) is 41.7 Å². The molecule has 0 saturated carbocycles. The molecule has 1 aliphatic heterocycles. The molecule has 0 saturated heterocycles. The van der Waals surface area contributed by atoms with Crippen LogP contribution in [-0.2, 0) is 4.79 Å². The van der Waals surface area contributed by atoms with Crippen LogP contribution in [0.4, 0.5) is 14.5 Å². The minimum absolute atomic E-state index is 0.0185. The van der Waals surface area contributed by atoms with Gasteiger partial charge in [0, 0.05) is 47.3 Å². The number of aromatic nitrogens is 2. The molecule has 0 amide bonds. The van der Waals surface area contributed by atoms with Gasteiger partial charge < -0.3 is 5.32 Å². The van der Waals surface area contributed by atoms with Gasteiger partial charge in [-0.3, -0.25) is 14.8 Å². The molecule has 5 rings (SSSR count). The Morgan fingerprint density at radius 2 is 1.83 bits per heavy atom. The second-order valence-corrected chi connectivity index (χ2v) is 8.52. The molecule has 2 heterocycles. The fourth-order valence-electron chi connectivity index (χ4n) is 4.57. The molecule has 146 valence electrons. The Bertz CT molecular complexity index is 1220. The first-order valence-corrected chi connectivity index (χ1v) is 9.56. The van der Waals surface area contributed by atoms with Crippen LogP contribution in [0, 0.1) is 17.0 Å². The zero-order valence-electron chi connectivity index (χ0n) is 16.1. The molecule has 1 unspecified atom stereocenters. The highest BCUT2D eigenvalue weighted by molar-refractivity contribution is 6.03. The number of allylic oxidation sites excluding steroid dienone is 2. The van der Waals surface area contributed by atoms with Crippen LogP contribution < -0.4 is 5.32 Å². The van der Waals surface area contributed by atoms with Gasteiger partial charge in [-0.1, -0.05) is 19.9 Å². The van der Waals surface area contributed by atoms with Crippen molar-refractivity contribution in [3.05, 3.63) is 76.8 Å². The van der Waals surface area contributed by atoms with E-state index in [9.17, 15) is 13.6 Å². The van der Waals surface area contributed by atoms with E-state index in [1.165, 1.54) is 6.07 Å². The van der Waals surface area contributed by atoms with Crippen molar-refractivity contribution in [3.8, 4) is 0 Å². The standard InChI is InChI=1S/C23H19F2N3O/c1-23(2)10-17-20(18(29)11-23)19(12-3-4-13(24)14(25)9-12)21-15(28-17)5-6-16-22(21)27-8-7-26-16/h3-9,19,28H,10-11H2,1-2H3. The van der Waals surface area contributed by atoms with E-state index < -0.39 is 17.6 Å². The van der Waals surface area contributed by atoms with Crippen LogP contribution >= 0.6 is 0 Å². The normalized spacial score (nSPS) is 20.3. The van der Waals surface area contributed by atoms with E-state index in [1.807, 2.05) is 12.1 Å². The molecular weight excluding hydrogens is 372 g/mol. The molecule has 29 heavy (non-hydrogen) atoms. The third-order valence-electron chi connectivity index (χ3n) is 5.74. The van der Waals surface area contributed by atoms with E-state index in [2.05, 4.69) is 29.1 Å². The second-order valence-electron chi connectivity index (χ2n) is 8.52. The molecule has 0 spiro atoms. The lowest BCUT2D eigenvalue weighted by Gasteiger charge is -2.39. The van der Waals surface area contributed by atoms with Crippen molar-refractivity contribution < 1.29 is 13.6 Å². The van der Waals surface area contributed by atoms with Gasteiger partial charge in [-0.15, -0.1) is 0 Å². The van der Waals surface area contributed by atoms with Crippen molar-refractivity contribution in [1.29, 1.82) is 0 Å². The molecule has 2 aromatic carbocycles. The number of rotatable bonds is 1. The molecule has 0 bridgehead atoms. The minimum Gasteiger partial charge on any atom is -0.358 e. The summed E-state index contributed by atoms with van der Waals surface area (Å²) in [6.45, 7) is 4.12. The lowest BCUT2D eigenvalue weighted by Crippen LogP contribution is -2.34. The number of halogens is 2. The monoisotopic (exact) mass is 391 g/mol. The summed E-state index contributed by atoms with van der Waals surface area (Å²) in [4.78, 5) is 22.1. The first-order valence-electron chi connectivity index (χ1n) is 9.56. The molecule has 1 aromatic heterocycles. The largest absolute Gasteiger partial charge is 0.358 e. The Balaban J connectivity index is 1.82. The van der Waals surface area contributed by atoms with Crippen molar-refractivity contribution in [2.45, 2.75) is 32.6 Å². The number of nitrogens with one attached hydrogen (secondary N) is 1. The molecule has 0 fully saturated rings. The molecular formula is C23H19F2N3O. The summed E-state index contributed by atoms with van der Waals surface area (Å²) >= 11 is 0. The molecule has 4 nitrogen and oxygen atoms in total. The fourth-order valence-corrected chi connectivity index (χ4v) is 4.57. The molecule has 1 atom stereocenters. The Kier molecular flexibility index (Phi) is 3.81. The maximum atomic E-state index is 14.1. The zero-order chi connectivity index (χ0) is 20.3. The summed E-state index contributed by atoms with van der Waals surface area (Å²) in [5, 5.41) is 3.43. The van der Waals surface area contributed by atoms with Crippen molar-refractivity contribution >= 4 is 22.5 Å². The molecule has 2 aliphatic rings. The zero-order valence-corrected chi connectivity index (χ0v) is 16.1. The highest BCUT2D eigenvalue weighted by Gasteiger charge is 2.41. The average Bonchev–Trinajstić information content (AvgIpc) is 2.67. The number of benzene rings is 2. The third kappa shape index (κ3) is 2.82. The van der Waals surface area contributed by atoms with Crippen LogP contribution in [0.2, 0.25) is 0 Å². The summed E-state index contributed by atoms with van der Waals surface area (Å²) < 4.78 is 27.8. The summed E-state index contributed by atoms with van der Waals surface area (Å²) in [5.41, 5.74) is 4.74. The number of anilines is 1. The number of fused-ring (bicyclic) bond motifs is 3. The summed E-state index contributed by atoms with van der Waals surface area (Å²) in [6, 6.07) is 7.63. The molecule has 1 N–H and O–H groups in total. The number of ketones is 1. The Morgan fingerprint density at radius 1 is 1.03 bits per heavy atom. The quantitative estimate of drug-likeness (QED) is 0.626. The van der Waals surface area contributed by atoms with Gasteiger partial charge in [-0.2, -0.15) is 0 Å². The topological polar surface area (TPSA) is 54.9 Å². The van der Waals surface area contributed by atoms with E-state index in [0.717, 1.165) is 23.0 Å². The van der Waals surface area contributed by atoms with E-state index in [-0.39, 0.29) is 11.2 Å². The number of nitrogens with zero attached hydrogens (tertiary/aromatic N) is 2. The number of hydrogen-bond acceptors (Lipinski definition) is 4. The van der Waals surface area contributed by atoms with Crippen LogP contribution in [0.25, 0.3) is 11.0 Å². The first-order chi connectivity index (χ1) is 13.8. The smallest absolute Gasteiger partial charge is 0.162 e. The van der Waals surface area contributed by atoms with Gasteiger partial charge in [-0.25, -0.2) is 8.78 Å². The van der Waals surface area contributed by atoms with Crippen LogP contribution in [0.3, 0.4) is 0 Å². The summed E-state index contributed by atoms with van der Waals surface area (Å²) in [5.74, 6) is -2.35. The van der Waals surface area contributed by atoms with E-state index in [1.54, 1.807) is 18.5 Å². The van der Waals surface area contributed by atoms with E-state index in [0.29, 0.717) is 35.0 Å². The first kappa shape index (κ1) is 17.9. The Labute approximate surface area is 166 Å². The van der Waals surface area contributed by atoms with E-state index >= 15 is 0 Å². The van der Waals surface area contributed by atoms with Crippen LogP contribution in [0.1, 0.15) is 43.7 Å². The Hall–Kier alpha value is -3.15. The fraction of sp³-hybridized carbons (Fsp3) is 0.261. The highest BCUT2D eigenvalue weighted by Crippen LogP contribution is 2.50. The van der Waals surface area contributed by atoms with Crippen molar-refractivity contribution in [2.75, 3.05) is 5.32 Å². The van der Waals surface area contributed by atoms with Crippen molar-refractivity contribution in [2.24, 2.45) is 5.41 Å². The molecule has 6 heteroatoms. The predicted molar refractivity (Wildman–Crippen MR) is 106 cm³/mol. The van der Waals surface area contributed by atoms with Gasteiger partial charge in [0.25, 0.3) is 0 Å². The van der Waals surface area contributed by atoms with Crippen LogP contribution in [-0.4, -0.2) is 15.8 Å². The number of carbonyl (C=O) groups excluding carboxylic acids is 1. The molecule has 3 aromatic rings. The molecule has 0 radical (unpaired) electrons. The van der Waals surface area contributed by atoms with Crippen LogP contribution in [0.15, 0.2) is 54.0 Å². The maximum absolute atomic E-state index is 14.1. The molecule has 1 aliphatic carbocycles. The SMILES string of the molecule is CC1(C)CC(=O)C2=C(C1)Nc1ccc3nccnc3c1C2c1ccc(F)c(F)c1. The lowest BCUT2D eigenvalue weighted by molar-refractivity contribution is -0.118. The van der Waals surface area contributed by atoms with Gasteiger partial charge >= 0.3 is 0 Å². The number of hydrogen-bond donors (Lipinski definition) is 1.